The van der Waals surface area contributed by atoms with Crippen molar-refractivity contribution in [1.29, 1.82) is 0 Å². The molecule has 0 bridgehead atoms. The second-order valence-electron chi connectivity index (χ2n) is 7.48. The monoisotopic (exact) mass is 358 g/mol. The van der Waals surface area contributed by atoms with Crippen molar-refractivity contribution in [3.05, 3.63) is 23.3 Å². The van der Waals surface area contributed by atoms with Gasteiger partial charge in [0.1, 0.15) is 6.33 Å². The van der Waals surface area contributed by atoms with E-state index in [9.17, 15) is 4.79 Å². The molecule has 2 aliphatic heterocycles. The Morgan fingerprint density at radius 1 is 1.38 bits per heavy atom. The normalized spacial score (nSPS) is 26.2. The lowest BCUT2D eigenvalue weighted by atomic mass is 10.1. The SMILES string of the molecule is Cc1nc2ncnn2c(C)c1CCC(=O)N[C@@H]1C[C@H]2CO[C@@H](C)CN2C1. The second-order valence-corrected chi connectivity index (χ2v) is 7.48. The van der Waals surface area contributed by atoms with Gasteiger partial charge in [-0.15, -0.1) is 0 Å². The zero-order chi connectivity index (χ0) is 18.3. The van der Waals surface area contributed by atoms with Gasteiger partial charge < -0.3 is 10.1 Å². The van der Waals surface area contributed by atoms with Crippen LogP contribution in [0, 0.1) is 13.8 Å². The Labute approximate surface area is 152 Å². The van der Waals surface area contributed by atoms with E-state index in [1.165, 1.54) is 6.33 Å². The predicted molar refractivity (Wildman–Crippen MR) is 95.9 cm³/mol. The molecule has 1 amide bonds. The van der Waals surface area contributed by atoms with Crippen LogP contribution in [0.15, 0.2) is 6.33 Å². The van der Waals surface area contributed by atoms with Crippen molar-refractivity contribution in [3.8, 4) is 0 Å². The molecular weight excluding hydrogens is 332 g/mol. The molecule has 8 heteroatoms. The summed E-state index contributed by atoms with van der Waals surface area (Å²) in [4.78, 5) is 23.5. The quantitative estimate of drug-likeness (QED) is 0.864. The number of nitrogens with one attached hydrogen (secondary N) is 1. The van der Waals surface area contributed by atoms with Gasteiger partial charge in [0, 0.05) is 43.0 Å². The van der Waals surface area contributed by atoms with E-state index in [1.54, 1.807) is 4.52 Å². The molecule has 0 unspecified atom stereocenters. The number of morpholine rings is 1. The molecule has 2 aliphatic rings. The van der Waals surface area contributed by atoms with Gasteiger partial charge in [0.2, 0.25) is 5.91 Å². The highest BCUT2D eigenvalue weighted by molar-refractivity contribution is 5.76. The fraction of sp³-hybridized carbons (Fsp3) is 0.667. The topological polar surface area (TPSA) is 84.6 Å². The predicted octanol–water partition coefficient (Wildman–Crippen LogP) is 0.652. The average molecular weight is 358 g/mol. The molecule has 0 radical (unpaired) electrons. The van der Waals surface area contributed by atoms with Crippen LogP contribution in [0.5, 0.6) is 0 Å². The highest BCUT2D eigenvalue weighted by Crippen LogP contribution is 2.23. The summed E-state index contributed by atoms with van der Waals surface area (Å²) in [5.41, 5.74) is 2.99. The van der Waals surface area contributed by atoms with E-state index in [-0.39, 0.29) is 18.1 Å². The first kappa shape index (κ1) is 17.4. The number of hydrogen-bond donors (Lipinski definition) is 1. The van der Waals surface area contributed by atoms with Gasteiger partial charge in [-0.25, -0.2) is 9.50 Å². The third-order valence-electron chi connectivity index (χ3n) is 5.55. The number of nitrogens with zero attached hydrogens (tertiary/aromatic N) is 5. The third kappa shape index (κ3) is 3.31. The van der Waals surface area contributed by atoms with E-state index in [0.29, 0.717) is 24.7 Å². The molecule has 2 aromatic rings. The summed E-state index contributed by atoms with van der Waals surface area (Å²) in [7, 11) is 0. The first-order valence-corrected chi connectivity index (χ1v) is 9.32. The molecule has 1 N–H and O–H groups in total. The van der Waals surface area contributed by atoms with Crippen molar-refractivity contribution >= 4 is 11.7 Å². The summed E-state index contributed by atoms with van der Waals surface area (Å²) < 4.78 is 7.46. The molecule has 0 aliphatic carbocycles. The standard InChI is InChI=1S/C18H26N6O2/c1-11-7-23-8-14(6-15(23)9-26-11)22-17(25)5-4-16-12(2)21-18-19-10-20-24(18)13(16)3/h10-11,14-15H,4-9H2,1-3H3,(H,22,25)/t11-,14+,15-/m0/s1. The van der Waals surface area contributed by atoms with Crippen molar-refractivity contribution in [3.63, 3.8) is 0 Å². The minimum atomic E-state index is 0.0984. The van der Waals surface area contributed by atoms with Crippen molar-refractivity contribution in [2.75, 3.05) is 19.7 Å². The molecule has 4 heterocycles. The number of hydrogen-bond acceptors (Lipinski definition) is 6. The number of carbonyl (C=O) groups is 1. The third-order valence-corrected chi connectivity index (χ3v) is 5.55. The molecule has 4 rings (SSSR count). The van der Waals surface area contributed by atoms with Crippen LogP contribution in [0.1, 0.15) is 36.7 Å². The molecule has 26 heavy (non-hydrogen) atoms. The first-order valence-electron chi connectivity index (χ1n) is 9.32. The van der Waals surface area contributed by atoms with Crippen molar-refractivity contribution in [2.24, 2.45) is 0 Å². The van der Waals surface area contributed by atoms with E-state index >= 15 is 0 Å². The lowest BCUT2D eigenvalue weighted by Gasteiger charge is -2.33. The van der Waals surface area contributed by atoms with Crippen LogP contribution in [-0.4, -0.2) is 68.3 Å². The second kappa shape index (κ2) is 6.92. The summed E-state index contributed by atoms with van der Waals surface area (Å²) >= 11 is 0. The summed E-state index contributed by atoms with van der Waals surface area (Å²) in [6.07, 6.45) is 3.88. The van der Waals surface area contributed by atoms with Crippen LogP contribution in [-0.2, 0) is 16.0 Å². The van der Waals surface area contributed by atoms with Crippen LogP contribution in [0.4, 0.5) is 0 Å². The van der Waals surface area contributed by atoms with E-state index in [4.69, 9.17) is 4.74 Å². The molecule has 2 saturated heterocycles. The van der Waals surface area contributed by atoms with Crippen LogP contribution in [0.2, 0.25) is 0 Å². The summed E-state index contributed by atoms with van der Waals surface area (Å²) in [6.45, 7) is 8.72. The Morgan fingerprint density at radius 3 is 3.08 bits per heavy atom. The zero-order valence-electron chi connectivity index (χ0n) is 15.6. The minimum absolute atomic E-state index is 0.0984. The van der Waals surface area contributed by atoms with Gasteiger partial charge >= 0.3 is 0 Å². The van der Waals surface area contributed by atoms with Gasteiger partial charge in [-0.2, -0.15) is 10.1 Å². The van der Waals surface area contributed by atoms with Crippen molar-refractivity contribution in [2.45, 2.75) is 58.2 Å². The fourth-order valence-electron chi connectivity index (χ4n) is 4.20. The maximum absolute atomic E-state index is 12.5. The molecule has 8 nitrogen and oxygen atoms in total. The molecule has 2 aromatic heterocycles. The van der Waals surface area contributed by atoms with Gasteiger partial charge in [-0.1, -0.05) is 0 Å². The molecule has 0 spiro atoms. The van der Waals surface area contributed by atoms with Gasteiger partial charge in [-0.3, -0.25) is 9.69 Å². The number of amides is 1. The Bertz CT molecular complexity index is 819. The number of ether oxygens (including phenoxy) is 1. The molecule has 0 aromatic carbocycles. The number of rotatable bonds is 4. The minimum Gasteiger partial charge on any atom is -0.376 e. The number of fused-ring (bicyclic) bond motifs is 2. The Kier molecular flexibility index (Phi) is 4.62. The van der Waals surface area contributed by atoms with E-state index in [0.717, 1.165) is 43.1 Å². The van der Waals surface area contributed by atoms with Crippen LogP contribution >= 0.6 is 0 Å². The van der Waals surface area contributed by atoms with Gasteiger partial charge in [0.25, 0.3) is 5.78 Å². The van der Waals surface area contributed by atoms with Crippen LogP contribution in [0.25, 0.3) is 5.78 Å². The Hall–Kier alpha value is -2.06. The molecule has 3 atom stereocenters. The largest absolute Gasteiger partial charge is 0.376 e. The average Bonchev–Trinajstić information content (AvgIpc) is 3.20. The maximum Gasteiger partial charge on any atom is 0.252 e. The van der Waals surface area contributed by atoms with E-state index in [1.807, 2.05) is 13.8 Å². The van der Waals surface area contributed by atoms with Gasteiger partial charge in [-0.05, 0) is 39.2 Å². The Morgan fingerprint density at radius 2 is 2.23 bits per heavy atom. The summed E-state index contributed by atoms with van der Waals surface area (Å²) in [5, 5.41) is 7.40. The molecule has 0 saturated carbocycles. The highest BCUT2D eigenvalue weighted by Gasteiger charge is 2.36. The number of aryl methyl sites for hydroxylation is 2. The molecule has 140 valence electrons. The highest BCUT2D eigenvalue weighted by atomic mass is 16.5. The fourth-order valence-corrected chi connectivity index (χ4v) is 4.20. The summed E-state index contributed by atoms with van der Waals surface area (Å²) in [5.74, 6) is 0.702. The van der Waals surface area contributed by atoms with E-state index < -0.39 is 0 Å². The smallest absolute Gasteiger partial charge is 0.252 e. The zero-order valence-corrected chi connectivity index (χ0v) is 15.6. The van der Waals surface area contributed by atoms with Gasteiger partial charge in [0.05, 0.1) is 12.7 Å². The van der Waals surface area contributed by atoms with E-state index in [2.05, 4.69) is 32.2 Å². The number of aromatic nitrogens is 4. The molecular formula is C18H26N6O2. The van der Waals surface area contributed by atoms with Crippen LogP contribution in [0.3, 0.4) is 0 Å². The maximum atomic E-state index is 12.5. The van der Waals surface area contributed by atoms with Crippen molar-refractivity contribution in [1.82, 2.24) is 29.8 Å². The first-order chi connectivity index (χ1) is 12.5. The van der Waals surface area contributed by atoms with Crippen LogP contribution < -0.4 is 5.32 Å². The summed E-state index contributed by atoms with van der Waals surface area (Å²) in [6, 6.07) is 0.666. The number of carbonyl (C=O) groups excluding carboxylic acids is 1. The lowest BCUT2D eigenvalue weighted by molar-refractivity contribution is -0.121. The Balaban J connectivity index is 1.35. The lowest BCUT2D eigenvalue weighted by Crippen LogP contribution is -2.45. The molecule has 2 fully saturated rings. The van der Waals surface area contributed by atoms with Gasteiger partial charge in [0.15, 0.2) is 0 Å². The van der Waals surface area contributed by atoms with Crippen molar-refractivity contribution < 1.29 is 9.53 Å².